The number of benzene rings is 1. The van der Waals surface area contributed by atoms with Crippen LogP contribution in [0.4, 0.5) is 11.4 Å². The van der Waals surface area contributed by atoms with Crippen molar-refractivity contribution in [1.82, 2.24) is 5.32 Å². The van der Waals surface area contributed by atoms with Crippen molar-refractivity contribution < 1.29 is 4.79 Å². The van der Waals surface area contributed by atoms with Crippen LogP contribution in [0.5, 0.6) is 0 Å². The molecule has 0 spiro atoms. The van der Waals surface area contributed by atoms with E-state index in [1.165, 1.54) is 19.3 Å². The number of thioether (sulfide) groups is 1. The van der Waals surface area contributed by atoms with E-state index in [0.717, 1.165) is 12.1 Å². The Bertz CT molecular complexity index is 492. The number of amides is 1. The van der Waals surface area contributed by atoms with Crippen molar-refractivity contribution in [2.45, 2.75) is 43.9 Å². The first-order valence-corrected chi connectivity index (χ1v) is 8.91. The number of anilines is 2. The van der Waals surface area contributed by atoms with Crippen LogP contribution in [-0.4, -0.2) is 30.0 Å². The van der Waals surface area contributed by atoms with E-state index in [-0.39, 0.29) is 5.91 Å². The van der Waals surface area contributed by atoms with Gasteiger partial charge in [-0.15, -0.1) is 0 Å². The van der Waals surface area contributed by atoms with Gasteiger partial charge in [0, 0.05) is 29.2 Å². The third-order valence-electron chi connectivity index (χ3n) is 3.97. The highest BCUT2D eigenvalue weighted by Crippen LogP contribution is 2.31. The molecule has 2 rings (SSSR count). The molecule has 4 N–H and O–H groups in total. The molecule has 0 aromatic heterocycles. The zero-order valence-corrected chi connectivity index (χ0v) is 13.6. The lowest BCUT2D eigenvalue weighted by molar-refractivity contribution is 0.0956. The maximum Gasteiger partial charge on any atom is 0.253 e. The van der Waals surface area contributed by atoms with Crippen LogP contribution in [0.1, 0.15) is 43.0 Å². The third kappa shape index (κ3) is 4.06. The number of nitrogens with one attached hydrogen (secondary N) is 2. The van der Waals surface area contributed by atoms with E-state index >= 15 is 0 Å². The van der Waals surface area contributed by atoms with Crippen molar-refractivity contribution in [2.24, 2.45) is 0 Å². The summed E-state index contributed by atoms with van der Waals surface area (Å²) < 4.78 is 0. The Morgan fingerprint density at radius 3 is 2.86 bits per heavy atom. The number of hydrogen-bond donors (Lipinski definition) is 3. The molecular weight excluding hydrogens is 282 g/mol. The minimum absolute atomic E-state index is 0.0449. The molecule has 0 radical (unpaired) electrons. The molecule has 4 nitrogen and oxygen atoms in total. The highest BCUT2D eigenvalue weighted by molar-refractivity contribution is 7.99. The third-order valence-corrected chi connectivity index (χ3v) is 5.14. The molecule has 0 aliphatic heterocycles. The molecule has 0 heterocycles. The fourth-order valence-electron chi connectivity index (χ4n) is 2.88. The highest BCUT2D eigenvalue weighted by atomic mass is 32.2. The summed E-state index contributed by atoms with van der Waals surface area (Å²) in [6, 6.07) is 5.86. The monoisotopic (exact) mass is 307 g/mol. The summed E-state index contributed by atoms with van der Waals surface area (Å²) in [7, 11) is 0. The molecule has 1 aliphatic carbocycles. The second-order valence-electron chi connectivity index (χ2n) is 5.47. The van der Waals surface area contributed by atoms with Gasteiger partial charge in [0.05, 0.1) is 5.56 Å². The van der Waals surface area contributed by atoms with Crippen LogP contribution in [0.3, 0.4) is 0 Å². The van der Waals surface area contributed by atoms with Crippen LogP contribution in [0.15, 0.2) is 18.2 Å². The molecule has 116 valence electrons. The fourth-order valence-corrected chi connectivity index (χ4v) is 3.81. The average Bonchev–Trinajstić information content (AvgIpc) is 2.48. The van der Waals surface area contributed by atoms with Gasteiger partial charge >= 0.3 is 0 Å². The Morgan fingerprint density at radius 1 is 1.38 bits per heavy atom. The smallest absolute Gasteiger partial charge is 0.253 e. The van der Waals surface area contributed by atoms with E-state index in [0.29, 0.717) is 29.1 Å². The summed E-state index contributed by atoms with van der Waals surface area (Å²) in [5.74, 6) is -0.0449. The zero-order chi connectivity index (χ0) is 15.2. The van der Waals surface area contributed by atoms with Crippen LogP contribution in [0.2, 0.25) is 0 Å². The van der Waals surface area contributed by atoms with Crippen molar-refractivity contribution >= 4 is 29.0 Å². The van der Waals surface area contributed by atoms with E-state index in [1.54, 1.807) is 12.1 Å². The van der Waals surface area contributed by atoms with E-state index in [1.807, 2.05) is 24.8 Å². The van der Waals surface area contributed by atoms with Gasteiger partial charge in [-0.25, -0.2) is 0 Å². The second-order valence-corrected chi connectivity index (χ2v) is 6.55. The van der Waals surface area contributed by atoms with Gasteiger partial charge in [0.25, 0.3) is 5.91 Å². The first-order valence-electron chi connectivity index (χ1n) is 7.62. The van der Waals surface area contributed by atoms with Gasteiger partial charge in [-0.1, -0.05) is 12.8 Å². The molecule has 1 aromatic carbocycles. The lowest BCUT2D eigenvalue weighted by Crippen LogP contribution is -2.35. The van der Waals surface area contributed by atoms with Gasteiger partial charge in [0.2, 0.25) is 0 Å². The quantitative estimate of drug-likeness (QED) is 0.731. The standard InChI is InChI=1S/C16H25N3OS/c1-3-18-16(20)12-9-8-11(17)10-14(12)19-13-6-4-5-7-15(13)21-2/h8-10,13,15,19H,3-7,17H2,1-2H3,(H,18,20). The van der Waals surface area contributed by atoms with Gasteiger partial charge < -0.3 is 16.4 Å². The van der Waals surface area contributed by atoms with Crippen LogP contribution >= 0.6 is 11.8 Å². The summed E-state index contributed by atoms with van der Waals surface area (Å²) in [6.07, 6.45) is 7.08. The number of carbonyl (C=O) groups is 1. The Hall–Kier alpha value is -1.36. The van der Waals surface area contributed by atoms with Gasteiger partial charge in [0.1, 0.15) is 0 Å². The molecular formula is C16H25N3OS. The lowest BCUT2D eigenvalue weighted by atomic mass is 9.94. The molecule has 0 bridgehead atoms. The van der Waals surface area contributed by atoms with E-state index < -0.39 is 0 Å². The van der Waals surface area contributed by atoms with Gasteiger partial charge in [-0.3, -0.25) is 4.79 Å². The Kier molecular flexibility index (Phi) is 5.79. The van der Waals surface area contributed by atoms with Crippen molar-refractivity contribution in [3.63, 3.8) is 0 Å². The fraction of sp³-hybridized carbons (Fsp3) is 0.562. The number of hydrogen-bond acceptors (Lipinski definition) is 4. The molecule has 2 atom stereocenters. The van der Waals surface area contributed by atoms with Crippen molar-refractivity contribution in [2.75, 3.05) is 23.9 Å². The summed E-state index contributed by atoms with van der Waals surface area (Å²) in [6.45, 7) is 2.55. The Balaban J connectivity index is 2.21. The largest absolute Gasteiger partial charge is 0.399 e. The molecule has 0 saturated heterocycles. The molecule has 2 unspecified atom stereocenters. The Morgan fingerprint density at radius 2 is 2.14 bits per heavy atom. The van der Waals surface area contributed by atoms with Gasteiger partial charge in [-0.05, 0) is 44.2 Å². The van der Waals surface area contributed by atoms with Gasteiger partial charge in [-0.2, -0.15) is 11.8 Å². The first-order chi connectivity index (χ1) is 10.2. The second kappa shape index (κ2) is 7.59. The number of carbonyl (C=O) groups excluding carboxylic acids is 1. The van der Waals surface area contributed by atoms with Crippen molar-refractivity contribution in [1.29, 1.82) is 0 Å². The normalized spacial score (nSPS) is 21.8. The summed E-state index contributed by atoms with van der Waals surface area (Å²) >= 11 is 1.91. The summed E-state index contributed by atoms with van der Waals surface area (Å²) in [4.78, 5) is 12.2. The highest BCUT2D eigenvalue weighted by Gasteiger charge is 2.25. The molecule has 21 heavy (non-hydrogen) atoms. The van der Waals surface area contributed by atoms with Crippen LogP contribution in [-0.2, 0) is 0 Å². The van der Waals surface area contributed by atoms with Gasteiger partial charge in [0.15, 0.2) is 0 Å². The first kappa shape index (κ1) is 16.0. The predicted molar refractivity (Wildman–Crippen MR) is 92.0 cm³/mol. The molecule has 1 amide bonds. The minimum atomic E-state index is -0.0449. The molecule has 5 heteroatoms. The molecule has 1 fully saturated rings. The summed E-state index contributed by atoms with van der Waals surface area (Å²) in [5.41, 5.74) is 8.11. The van der Waals surface area contributed by atoms with E-state index in [9.17, 15) is 4.79 Å². The van der Waals surface area contributed by atoms with Crippen LogP contribution in [0.25, 0.3) is 0 Å². The van der Waals surface area contributed by atoms with Crippen LogP contribution in [0, 0.1) is 0 Å². The predicted octanol–water partition coefficient (Wildman–Crippen LogP) is 3.10. The van der Waals surface area contributed by atoms with Crippen molar-refractivity contribution in [3.05, 3.63) is 23.8 Å². The molecule has 1 aromatic rings. The minimum Gasteiger partial charge on any atom is -0.399 e. The Labute approximate surface area is 131 Å². The SMILES string of the molecule is CCNC(=O)c1ccc(N)cc1NC1CCCCC1SC. The topological polar surface area (TPSA) is 67.2 Å². The van der Waals surface area contributed by atoms with E-state index in [2.05, 4.69) is 16.9 Å². The number of nitrogens with two attached hydrogens (primary N) is 1. The zero-order valence-electron chi connectivity index (χ0n) is 12.8. The average molecular weight is 307 g/mol. The van der Waals surface area contributed by atoms with Crippen molar-refractivity contribution in [3.8, 4) is 0 Å². The molecule has 1 saturated carbocycles. The maximum atomic E-state index is 12.2. The molecule has 1 aliphatic rings. The van der Waals surface area contributed by atoms with Crippen LogP contribution < -0.4 is 16.4 Å². The van der Waals surface area contributed by atoms with E-state index in [4.69, 9.17) is 5.73 Å². The summed E-state index contributed by atoms with van der Waals surface area (Å²) in [5, 5.41) is 7.03. The number of rotatable bonds is 5. The lowest BCUT2D eigenvalue weighted by Gasteiger charge is -2.32. The number of nitrogen functional groups attached to an aromatic ring is 1. The maximum absolute atomic E-state index is 12.2.